The third-order valence-electron chi connectivity index (χ3n) is 3.04. The summed E-state index contributed by atoms with van der Waals surface area (Å²) in [5.74, 6) is 0.172. The lowest BCUT2D eigenvalue weighted by atomic mass is 9.89. The van der Waals surface area contributed by atoms with Gasteiger partial charge in [-0.15, -0.1) is 0 Å². The molecule has 0 spiro atoms. The minimum Gasteiger partial charge on any atom is -0.480 e. The Bertz CT molecular complexity index is 453. The molecule has 0 radical (unpaired) electrons. The fourth-order valence-corrected chi connectivity index (χ4v) is 2.25. The van der Waals surface area contributed by atoms with Crippen molar-refractivity contribution in [2.24, 2.45) is 5.92 Å². The Morgan fingerprint density at radius 1 is 1.61 bits per heavy atom. The maximum atomic E-state index is 12.4. The second kappa shape index (κ2) is 5.63. The van der Waals surface area contributed by atoms with E-state index in [0.29, 0.717) is 18.6 Å². The van der Waals surface area contributed by atoms with Crippen LogP contribution in [-0.4, -0.2) is 35.6 Å². The van der Waals surface area contributed by atoms with Crippen molar-refractivity contribution in [1.82, 2.24) is 9.97 Å². The summed E-state index contributed by atoms with van der Waals surface area (Å²) in [6.45, 7) is 2.57. The van der Waals surface area contributed by atoms with Gasteiger partial charge in [-0.1, -0.05) is 0 Å². The molecule has 1 fully saturated rings. The van der Waals surface area contributed by atoms with Crippen molar-refractivity contribution in [1.29, 1.82) is 0 Å². The Kier molecular flexibility index (Phi) is 4.14. The number of ketones is 1. The van der Waals surface area contributed by atoms with E-state index in [2.05, 4.69) is 9.97 Å². The van der Waals surface area contributed by atoms with Crippen molar-refractivity contribution >= 4 is 17.4 Å². The molecule has 0 N–H and O–H groups in total. The normalized spacial score (nSPS) is 23.7. The van der Waals surface area contributed by atoms with Crippen LogP contribution in [0.25, 0.3) is 0 Å². The van der Waals surface area contributed by atoms with Gasteiger partial charge in [0.25, 0.3) is 0 Å². The molecule has 1 aromatic rings. The van der Waals surface area contributed by atoms with E-state index in [1.165, 1.54) is 13.3 Å². The van der Waals surface area contributed by atoms with Crippen LogP contribution in [0.2, 0.25) is 5.28 Å². The molecule has 5 nitrogen and oxygen atoms in total. The molecule has 0 aliphatic carbocycles. The number of hydrogen-bond acceptors (Lipinski definition) is 5. The number of nitrogens with zero attached hydrogens (tertiary/aromatic N) is 2. The summed E-state index contributed by atoms with van der Waals surface area (Å²) in [6, 6.07) is 0. The molecular formula is C12H15ClN2O3. The van der Waals surface area contributed by atoms with Gasteiger partial charge in [-0.05, 0) is 31.4 Å². The molecule has 0 aromatic carbocycles. The summed E-state index contributed by atoms with van der Waals surface area (Å²) in [7, 11) is 1.46. The number of carbonyl (C=O) groups excluding carboxylic acids is 1. The fourth-order valence-electron chi connectivity index (χ4n) is 2.13. The molecule has 1 saturated heterocycles. The van der Waals surface area contributed by atoms with Crippen molar-refractivity contribution in [3.8, 4) is 5.88 Å². The average molecular weight is 271 g/mol. The van der Waals surface area contributed by atoms with E-state index in [9.17, 15) is 4.79 Å². The number of rotatable bonds is 3. The van der Waals surface area contributed by atoms with Crippen LogP contribution < -0.4 is 4.74 Å². The van der Waals surface area contributed by atoms with Crippen molar-refractivity contribution in [2.75, 3.05) is 13.7 Å². The van der Waals surface area contributed by atoms with Gasteiger partial charge in [0.1, 0.15) is 0 Å². The quantitative estimate of drug-likeness (QED) is 0.622. The van der Waals surface area contributed by atoms with Crippen molar-refractivity contribution in [3.05, 3.63) is 17.0 Å². The number of methoxy groups -OCH3 is 1. The number of halogens is 1. The third kappa shape index (κ3) is 2.79. The second-order valence-corrected chi connectivity index (χ2v) is 4.67. The molecule has 18 heavy (non-hydrogen) atoms. The maximum absolute atomic E-state index is 12.4. The summed E-state index contributed by atoms with van der Waals surface area (Å²) in [4.78, 5) is 20.1. The molecule has 1 aromatic heterocycles. The molecule has 0 bridgehead atoms. The monoisotopic (exact) mass is 270 g/mol. The molecular weight excluding hydrogens is 256 g/mol. The predicted molar refractivity (Wildman–Crippen MR) is 66.1 cm³/mol. The lowest BCUT2D eigenvalue weighted by Crippen LogP contribution is -2.29. The highest BCUT2D eigenvalue weighted by atomic mass is 35.5. The Morgan fingerprint density at radius 3 is 3.06 bits per heavy atom. The van der Waals surface area contributed by atoms with Crippen LogP contribution in [0.1, 0.15) is 30.1 Å². The zero-order valence-electron chi connectivity index (χ0n) is 10.4. The minimum atomic E-state index is -0.0626. The smallest absolute Gasteiger partial charge is 0.228 e. The first-order valence-corrected chi connectivity index (χ1v) is 6.22. The van der Waals surface area contributed by atoms with Crippen LogP contribution in [0, 0.1) is 5.92 Å². The van der Waals surface area contributed by atoms with Crippen LogP contribution in [-0.2, 0) is 4.74 Å². The van der Waals surface area contributed by atoms with E-state index in [1.807, 2.05) is 6.92 Å². The highest BCUT2D eigenvalue weighted by molar-refractivity contribution is 6.28. The van der Waals surface area contributed by atoms with E-state index < -0.39 is 0 Å². The first-order chi connectivity index (χ1) is 8.61. The molecule has 1 unspecified atom stereocenters. The fraction of sp³-hybridized carbons (Fsp3) is 0.583. The van der Waals surface area contributed by atoms with Gasteiger partial charge in [0.2, 0.25) is 11.2 Å². The van der Waals surface area contributed by atoms with Gasteiger partial charge in [-0.25, -0.2) is 4.98 Å². The third-order valence-corrected chi connectivity index (χ3v) is 3.22. The maximum Gasteiger partial charge on any atom is 0.228 e. The molecule has 6 heteroatoms. The zero-order valence-corrected chi connectivity index (χ0v) is 11.1. The van der Waals surface area contributed by atoms with Gasteiger partial charge in [0.05, 0.1) is 18.8 Å². The Labute approximate surface area is 110 Å². The number of aromatic nitrogens is 2. The molecule has 0 amide bonds. The topological polar surface area (TPSA) is 61.3 Å². The Balaban J connectivity index is 2.22. The Morgan fingerprint density at radius 2 is 2.39 bits per heavy atom. The van der Waals surface area contributed by atoms with Crippen LogP contribution in [0.4, 0.5) is 0 Å². The SMILES string of the molecule is COc1nc(Cl)ncc1C(=O)C1CCO[C@@H](C)C1. The van der Waals surface area contributed by atoms with E-state index in [-0.39, 0.29) is 29.0 Å². The van der Waals surface area contributed by atoms with Crippen molar-refractivity contribution in [3.63, 3.8) is 0 Å². The van der Waals surface area contributed by atoms with Gasteiger partial charge in [0.15, 0.2) is 5.78 Å². The molecule has 1 aliphatic rings. The van der Waals surface area contributed by atoms with Crippen LogP contribution >= 0.6 is 11.6 Å². The van der Waals surface area contributed by atoms with Crippen LogP contribution in [0.15, 0.2) is 6.20 Å². The lowest BCUT2D eigenvalue weighted by molar-refractivity contribution is 0.00509. The van der Waals surface area contributed by atoms with E-state index in [0.717, 1.165) is 6.42 Å². The van der Waals surface area contributed by atoms with Crippen molar-refractivity contribution in [2.45, 2.75) is 25.9 Å². The molecule has 2 heterocycles. The first-order valence-electron chi connectivity index (χ1n) is 5.84. The average Bonchev–Trinajstić information content (AvgIpc) is 2.37. The summed E-state index contributed by atoms with van der Waals surface area (Å²) < 4.78 is 10.5. The predicted octanol–water partition coefficient (Wildman–Crippen LogP) is 2.14. The van der Waals surface area contributed by atoms with E-state index >= 15 is 0 Å². The molecule has 2 rings (SSSR count). The highest BCUT2D eigenvalue weighted by Gasteiger charge is 2.29. The van der Waals surface area contributed by atoms with Gasteiger partial charge < -0.3 is 9.47 Å². The van der Waals surface area contributed by atoms with Gasteiger partial charge in [-0.2, -0.15) is 4.98 Å². The highest BCUT2D eigenvalue weighted by Crippen LogP contribution is 2.27. The van der Waals surface area contributed by atoms with E-state index in [4.69, 9.17) is 21.1 Å². The number of hydrogen-bond donors (Lipinski definition) is 0. The van der Waals surface area contributed by atoms with E-state index in [1.54, 1.807) is 0 Å². The van der Waals surface area contributed by atoms with Gasteiger partial charge >= 0.3 is 0 Å². The van der Waals surface area contributed by atoms with Gasteiger partial charge in [-0.3, -0.25) is 4.79 Å². The standard InChI is InChI=1S/C12H15ClN2O3/c1-7-5-8(3-4-18-7)10(16)9-6-14-12(13)15-11(9)17-2/h6-8H,3-5H2,1-2H3/t7-,8?/m0/s1. The number of Topliss-reactive ketones (excluding diaryl/α,β-unsaturated/α-hetero) is 1. The summed E-state index contributed by atoms with van der Waals surface area (Å²) in [5, 5.41) is 0.0729. The zero-order chi connectivity index (χ0) is 13.1. The van der Waals surface area contributed by atoms with Crippen LogP contribution in [0.5, 0.6) is 5.88 Å². The molecule has 98 valence electrons. The largest absolute Gasteiger partial charge is 0.480 e. The summed E-state index contributed by atoms with van der Waals surface area (Å²) in [5.41, 5.74) is 0.390. The molecule has 0 saturated carbocycles. The number of ether oxygens (including phenoxy) is 2. The molecule has 1 aliphatic heterocycles. The van der Waals surface area contributed by atoms with Crippen LogP contribution in [0.3, 0.4) is 0 Å². The lowest BCUT2D eigenvalue weighted by Gasteiger charge is -2.26. The summed E-state index contributed by atoms with van der Waals surface area (Å²) >= 11 is 5.68. The Hall–Kier alpha value is -1.20. The molecule has 2 atom stereocenters. The number of carbonyl (C=O) groups is 1. The second-order valence-electron chi connectivity index (χ2n) is 4.33. The summed E-state index contributed by atoms with van der Waals surface area (Å²) in [6.07, 6.45) is 2.96. The van der Waals surface area contributed by atoms with Gasteiger partial charge in [0, 0.05) is 18.7 Å². The first kappa shape index (κ1) is 13.2. The minimum absolute atomic E-state index is 0.00123. The van der Waals surface area contributed by atoms with Crippen molar-refractivity contribution < 1.29 is 14.3 Å².